The number of carbonyl (C=O) groups excluding carboxylic acids is 1. The fourth-order valence-electron chi connectivity index (χ4n) is 5.10. The van der Waals surface area contributed by atoms with Crippen LogP contribution in [0, 0.1) is 0 Å². The van der Waals surface area contributed by atoms with Crippen molar-refractivity contribution in [2.45, 2.75) is 57.9 Å². The fraction of sp³-hybridized carbons (Fsp3) is 0.517. The quantitative estimate of drug-likeness (QED) is 0.306. The third-order valence-electron chi connectivity index (χ3n) is 7.39. The monoisotopic (exact) mass is 477 g/mol. The van der Waals surface area contributed by atoms with Crippen molar-refractivity contribution in [2.24, 2.45) is 0 Å². The first-order valence-electron chi connectivity index (χ1n) is 12.9. The third-order valence-corrected chi connectivity index (χ3v) is 7.39. The Hall–Kier alpha value is -2.70. The highest BCUT2D eigenvalue weighted by atomic mass is 16.5. The summed E-state index contributed by atoms with van der Waals surface area (Å²) >= 11 is 0. The summed E-state index contributed by atoms with van der Waals surface area (Å²) in [7, 11) is 1.44. The number of ether oxygens (including phenoxy) is 2. The molecule has 0 amide bonds. The standard InChI is InChI=1S/C29H39N3O3/c1-5-35-21-20-32-26-9-7-6-8-25(26)30-27(32)23-15-18-31(19-16-23)17-14-22-10-12-24(13-11-22)29(2,3)28(33)34-4/h6-13,23H,5,14-21H2,1-4H3. The first-order valence-corrected chi connectivity index (χ1v) is 12.9. The van der Waals surface area contributed by atoms with E-state index in [1.54, 1.807) is 0 Å². The van der Waals surface area contributed by atoms with E-state index in [-0.39, 0.29) is 5.97 Å². The summed E-state index contributed by atoms with van der Waals surface area (Å²) in [6.45, 7) is 11.4. The molecule has 1 fully saturated rings. The number of benzene rings is 2. The Kier molecular flexibility index (Phi) is 8.24. The minimum atomic E-state index is -0.631. The Labute approximate surface area is 209 Å². The lowest BCUT2D eigenvalue weighted by atomic mass is 9.84. The largest absolute Gasteiger partial charge is 0.468 e. The molecule has 2 aromatic carbocycles. The SMILES string of the molecule is CCOCCn1c(C2CCN(CCc3ccc(C(C)(C)C(=O)OC)cc3)CC2)nc2ccccc21. The smallest absolute Gasteiger partial charge is 0.315 e. The van der Waals surface area contributed by atoms with Gasteiger partial charge in [0.15, 0.2) is 0 Å². The molecule has 6 heteroatoms. The van der Waals surface area contributed by atoms with Crippen LogP contribution in [-0.2, 0) is 32.6 Å². The number of likely N-dealkylation sites (tertiary alicyclic amines) is 1. The predicted molar refractivity (Wildman–Crippen MR) is 140 cm³/mol. The Morgan fingerprint density at radius 3 is 2.46 bits per heavy atom. The van der Waals surface area contributed by atoms with Crippen LogP contribution in [0.3, 0.4) is 0 Å². The molecule has 4 rings (SSSR count). The van der Waals surface area contributed by atoms with E-state index in [0.717, 1.165) is 69.7 Å². The molecule has 35 heavy (non-hydrogen) atoms. The van der Waals surface area contributed by atoms with Gasteiger partial charge in [0.25, 0.3) is 0 Å². The summed E-state index contributed by atoms with van der Waals surface area (Å²) in [6.07, 6.45) is 3.27. The average molecular weight is 478 g/mol. The number of nitrogens with zero attached hydrogens (tertiary/aromatic N) is 3. The molecule has 0 aliphatic carbocycles. The minimum absolute atomic E-state index is 0.209. The van der Waals surface area contributed by atoms with E-state index < -0.39 is 5.41 Å². The molecule has 0 atom stereocenters. The Morgan fingerprint density at radius 1 is 1.06 bits per heavy atom. The van der Waals surface area contributed by atoms with Gasteiger partial charge >= 0.3 is 5.97 Å². The number of imidazole rings is 1. The molecular weight excluding hydrogens is 438 g/mol. The second-order valence-electron chi connectivity index (χ2n) is 9.99. The molecule has 6 nitrogen and oxygen atoms in total. The van der Waals surface area contributed by atoms with Crippen LogP contribution in [0.25, 0.3) is 11.0 Å². The maximum Gasteiger partial charge on any atom is 0.315 e. The molecule has 0 spiro atoms. The van der Waals surface area contributed by atoms with E-state index in [1.165, 1.54) is 24.0 Å². The van der Waals surface area contributed by atoms with Gasteiger partial charge in [0.1, 0.15) is 5.82 Å². The topological polar surface area (TPSA) is 56.6 Å². The van der Waals surface area contributed by atoms with Crippen molar-refractivity contribution >= 4 is 17.0 Å². The number of hydrogen-bond acceptors (Lipinski definition) is 5. The van der Waals surface area contributed by atoms with Crippen molar-refractivity contribution in [3.05, 3.63) is 65.5 Å². The summed E-state index contributed by atoms with van der Waals surface area (Å²) in [5, 5.41) is 0. The zero-order valence-corrected chi connectivity index (χ0v) is 21.6. The van der Waals surface area contributed by atoms with E-state index in [1.807, 2.05) is 20.8 Å². The molecule has 1 aromatic heterocycles. The van der Waals surface area contributed by atoms with Gasteiger partial charge < -0.3 is 18.9 Å². The van der Waals surface area contributed by atoms with E-state index in [0.29, 0.717) is 5.92 Å². The van der Waals surface area contributed by atoms with Gasteiger partial charge in [-0.3, -0.25) is 4.79 Å². The predicted octanol–water partition coefficient (Wildman–Crippen LogP) is 4.95. The van der Waals surface area contributed by atoms with Gasteiger partial charge in [-0.2, -0.15) is 0 Å². The number of rotatable bonds is 10. The summed E-state index contributed by atoms with van der Waals surface area (Å²) in [5.41, 5.74) is 3.95. The molecule has 188 valence electrons. The van der Waals surface area contributed by atoms with Crippen molar-refractivity contribution in [2.75, 3.05) is 40.0 Å². The summed E-state index contributed by atoms with van der Waals surface area (Å²) in [6, 6.07) is 16.9. The third kappa shape index (κ3) is 5.76. The number of piperidine rings is 1. The number of esters is 1. The molecule has 1 saturated heterocycles. The first kappa shape index (κ1) is 25.4. The molecule has 3 aromatic rings. The normalized spacial score (nSPS) is 15.5. The molecule has 0 saturated carbocycles. The van der Waals surface area contributed by atoms with Gasteiger partial charge in [0.05, 0.1) is 30.2 Å². The van der Waals surface area contributed by atoms with Gasteiger partial charge in [0, 0.05) is 25.6 Å². The molecule has 1 aliphatic heterocycles. The lowest BCUT2D eigenvalue weighted by Gasteiger charge is -2.32. The number of para-hydroxylation sites is 2. The van der Waals surface area contributed by atoms with Gasteiger partial charge in [-0.05, 0) is 76.4 Å². The van der Waals surface area contributed by atoms with E-state index >= 15 is 0 Å². The van der Waals surface area contributed by atoms with Crippen LogP contribution < -0.4 is 0 Å². The van der Waals surface area contributed by atoms with Crippen molar-refractivity contribution in [3.8, 4) is 0 Å². The molecule has 1 aliphatic rings. The van der Waals surface area contributed by atoms with Crippen LogP contribution in [0.4, 0.5) is 0 Å². The fourth-order valence-corrected chi connectivity index (χ4v) is 5.10. The first-order chi connectivity index (χ1) is 16.9. The second-order valence-corrected chi connectivity index (χ2v) is 9.99. The molecule has 0 N–H and O–H groups in total. The van der Waals surface area contributed by atoms with E-state index in [2.05, 4.69) is 58.0 Å². The highest BCUT2D eigenvalue weighted by molar-refractivity contribution is 5.82. The summed E-state index contributed by atoms with van der Waals surface area (Å²) < 4.78 is 13.0. The maximum atomic E-state index is 12.1. The van der Waals surface area contributed by atoms with Crippen LogP contribution >= 0.6 is 0 Å². The van der Waals surface area contributed by atoms with Gasteiger partial charge in [-0.15, -0.1) is 0 Å². The van der Waals surface area contributed by atoms with Crippen molar-refractivity contribution in [1.82, 2.24) is 14.5 Å². The van der Waals surface area contributed by atoms with E-state index in [9.17, 15) is 4.79 Å². The molecule has 2 heterocycles. The lowest BCUT2D eigenvalue weighted by molar-refractivity contribution is -0.146. The number of aromatic nitrogens is 2. The zero-order valence-electron chi connectivity index (χ0n) is 21.6. The van der Waals surface area contributed by atoms with Gasteiger partial charge in [-0.1, -0.05) is 36.4 Å². The zero-order chi connectivity index (χ0) is 24.8. The maximum absolute atomic E-state index is 12.1. The van der Waals surface area contributed by atoms with Crippen molar-refractivity contribution in [1.29, 1.82) is 0 Å². The average Bonchev–Trinajstić information content (AvgIpc) is 3.26. The van der Waals surface area contributed by atoms with Crippen molar-refractivity contribution in [3.63, 3.8) is 0 Å². The van der Waals surface area contributed by atoms with E-state index in [4.69, 9.17) is 14.5 Å². The number of carbonyl (C=O) groups is 1. The Morgan fingerprint density at radius 2 is 1.77 bits per heavy atom. The van der Waals surface area contributed by atoms with Gasteiger partial charge in [0.2, 0.25) is 0 Å². The minimum Gasteiger partial charge on any atom is -0.468 e. The van der Waals surface area contributed by atoms with Crippen LogP contribution in [0.1, 0.15) is 56.5 Å². The number of hydrogen-bond donors (Lipinski definition) is 0. The molecular formula is C29H39N3O3. The van der Waals surface area contributed by atoms with Crippen LogP contribution in [0.5, 0.6) is 0 Å². The lowest BCUT2D eigenvalue weighted by Crippen LogP contribution is -2.35. The number of fused-ring (bicyclic) bond motifs is 1. The molecule has 0 unspecified atom stereocenters. The van der Waals surface area contributed by atoms with Crippen LogP contribution in [0.15, 0.2) is 48.5 Å². The number of methoxy groups -OCH3 is 1. The summed E-state index contributed by atoms with van der Waals surface area (Å²) in [4.78, 5) is 19.7. The Bertz CT molecular complexity index is 1110. The van der Waals surface area contributed by atoms with Crippen molar-refractivity contribution < 1.29 is 14.3 Å². The summed E-state index contributed by atoms with van der Waals surface area (Å²) in [5.74, 6) is 1.49. The van der Waals surface area contributed by atoms with Crippen LogP contribution in [0.2, 0.25) is 0 Å². The molecule has 0 radical (unpaired) electrons. The highest BCUT2D eigenvalue weighted by Crippen LogP contribution is 2.30. The Balaban J connectivity index is 1.34. The van der Waals surface area contributed by atoms with Gasteiger partial charge in [-0.25, -0.2) is 4.98 Å². The second kappa shape index (κ2) is 11.4. The highest BCUT2D eigenvalue weighted by Gasteiger charge is 2.30. The van der Waals surface area contributed by atoms with Crippen LogP contribution in [-0.4, -0.2) is 60.4 Å². The molecule has 0 bridgehead atoms.